The average Bonchev–Trinajstić information content (AvgIpc) is 3.17. The number of hydrogen-bond acceptors (Lipinski definition) is 3. The van der Waals surface area contributed by atoms with Crippen molar-refractivity contribution in [3.8, 4) is 17.0 Å². The second-order valence-electron chi connectivity index (χ2n) is 6.48. The second-order valence-corrected chi connectivity index (χ2v) is 6.48. The van der Waals surface area contributed by atoms with Gasteiger partial charge in [-0.15, -0.1) is 0 Å². The second kappa shape index (κ2) is 7.87. The Hall–Kier alpha value is -3.40. The van der Waals surface area contributed by atoms with Crippen LogP contribution in [-0.4, -0.2) is 14.8 Å². The quantitative estimate of drug-likeness (QED) is 0.495. The molecule has 0 spiro atoms. The molecule has 2 aromatic carbocycles. The summed E-state index contributed by atoms with van der Waals surface area (Å²) < 4.78 is 7.85. The lowest BCUT2D eigenvalue weighted by molar-refractivity contribution is 0.306. The van der Waals surface area contributed by atoms with Gasteiger partial charge in [-0.3, -0.25) is 9.67 Å². The van der Waals surface area contributed by atoms with Crippen LogP contribution in [0.2, 0.25) is 0 Å². The van der Waals surface area contributed by atoms with Crippen LogP contribution in [0.5, 0.6) is 5.75 Å². The first-order chi connectivity index (χ1) is 13.3. The summed E-state index contributed by atoms with van der Waals surface area (Å²) in [4.78, 5) is 4.38. The van der Waals surface area contributed by atoms with E-state index in [1.807, 2.05) is 66.5 Å². The molecule has 134 valence electrons. The average molecular weight is 355 g/mol. The summed E-state index contributed by atoms with van der Waals surface area (Å²) in [6.45, 7) is 3.27. The Balaban J connectivity index is 1.43. The Bertz CT molecular complexity index is 990. The molecule has 0 atom stereocenters. The van der Waals surface area contributed by atoms with Gasteiger partial charge in [-0.25, -0.2) is 0 Å². The van der Waals surface area contributed by atoms with E-state index in [9.17, 15) is 0 Å². The molecule has 0 bridgehead atoms. The van der Waals surface area contributed by atoms with Crippen molar-refractivity contribution < 1.29 is 4.74 Å². The van der Waals surface area contributed by atoms with Crippen LogP contribution in [-0.2, 0) is 13.2 Å². The third-order valence-corrected chi connectivity index (χ3v) is 4.43. The highest BCUT2D eigenvalue weighted by Gasteiger charge is 2.07. The van der Waals surface area contributed by atoms with E-state index >= 15 is 0 Å². The number of nitrogens with zero attached hydrogens (tertiary/aromatic N) is 3. The van der Waals surface area contributed by atoms with Crippen LogP contribution in [0.15, 0.2) is 85.2 Å². The van der Waals surface area contributed by atoms with Gasteiger partial charge in [0.15, 0.2) is 0 Å². The molecule has 0 aliphatic rings. The predicted octanol–water partition coefficient (Wildman–Crippen LogP) is 4.88. The number of rotatable bonds is 6. The Morgan fingerprint density at radius 1 is 0.852 bits per heavy atom. The van der Waals surface area contributed by atoms with E-state index in [1.165, 1.54) is 5.56 Å². The van der Waals surface area contributed by atoms with Crippen molar-refractivity contribution in [1.29, 1.82) is 0 Å². The molecule has 0 N–H and O–H groups in total. The molecule has 4 nitrogen and oxygen atoms in total. The first kappa shape index (κ1) is 17.0. The molecule has 2 aromatic heterocycles. The van der Waals surface area contributed by atoms with Gasteiger partial charge in [-0.1, -0.05) is 42.5 Å². The van der Waals surface area contributed by atoms with E-state index < -0.39 is 0 Å². The van der Waals surface area contributed by atoms with Gasteiger partial charge in [0.2, 0.25) is 0 Å². The number of pyridine rings is 1. The highest BCUT2D eigenvalue weighted by Crippen LogP contribution is 2.20. The maximum absolute atomic E-state index is 5.86. The van der Waals surface area contributed by atoms with Crippen molar-refractivity contribution in [2.75, 3.05) is 0 Å². The van der Waals surface area contributed by atoms with Crippen molar-refractivity contribution in [2.45, 2.75) is 20.1 Å². The molecule has 2 heterocycles. The molecule has 4 aromatic rings. The molecule has 4 rings (SSSR count). The zero-order valence-electron chi connectivity index (χ0n) is 15.2. The number of ether oxygens (including phenoxy) is 1. The van der Waals surface area contributed by atoms with Gasteiger partial charge in [0.1, 0.15) is 12.4 Å². The summed E-state index contributed by atoms with van der Waals surface area (Å²) in [6.07, 6.45) is 3.72. The van der Waals surface area contributed by atoms with E-state index in [1.54, 1.807) is 0 Å². The van der Waals surface area contributed by atoms with E-state index in [0.717, 1.165) is 28.3 Å². The Morgan fingerprint density at radius 3 is 2.41 bits per heavy atom. The summed E-state index contributed by atoms with van der Waals surface area (Å²) >= 11 is 0. The Kier molecular flexibility index (Phi) is 4.97. The molecular formula is C23H21N3O. The first-order valence-electron chi connectivity index (χ1n) is 8.98. The number of benzene rings is 2. The summed E-state index contributed by atoms with van der Waals surface area (Å²) in [5, 5.41) is 4.47. The van der Waals surface area contributed by atoms with Gasteiger partial charge in [-0.2, -0.15) is 5.10 Å². The maximum Gasteiger partial charge on any atom is 0.119 e. The monoisotopic (exact) mass is 355 g/mol. The molecular weight excluding hydrogens is 334 g/mol. The normalized spacial score (nSPS) is 10.7. The van der Waals surface area contributed by atoms with Crippen LogP contribution in [0.1, 0.15) is 16.8 Å². The third-order valence-electron chi connectivity index (χ3n) is 4.43. The van der Waals surface area contributed by atoms with Crippen molar-refractivity contribution in [2.24, 2.45) is 0 Å². The number of aromatic nitrogens is 3. The van der Waals surface area contributed by atoms with E-state index in [-0.39, 0.29) is 0 Å². The van der Waals surface area contributed by atoms with Crippen LogP contribution in [0.4, 0.5) is 0 Å². The SMILES string of the molecule is Cc1ccc(-c2ccnn2Cc2ccc(OCc3ccccc3)cc2)cn1. The third kappa shape index (κ3) is 4.23. The van der Waals surface area contributed by atoms with Gasteiger partial charge >= 0.3 is 0 Å². The predicted molar refractivity (Wildman–Crippen MR) is 107 cm³/mol. The van der Waals surface area contributed by atoms with Crippen molar-refractivity contribution in [3.05, 3.63) is 102 Å². The minimum atomic E-state index is 0.573. The fourth-order valence-corrected chi connectivity index (χ4v) is 2.93. The fourth-order valence-electron chi connectivity index (χ4n) is 2.93. The molecule has 0 fully saturated rings. The van der Waals surface area contributed by atoms with Crippen LogP contribution >= 0.6 is 0 Å². The number of hydrogen-bond donors (Lipinski definition) is 0. The Morgan fingerprint density at radius 2 is 1.67 bits per heavy atom. The highest BCUT2D eigenvalue weighted by atomic mass is 16.5. The van der Waals surface area contributed by atoms with E-state index in [2.05, 4.69) is 40.4 Å². The zero-order chi connectivity index (χ0) is 18.5. The fraction of sp³-hybridized carbons (Fsp3) is 0.130. The summed E-state index contributed by atoms with van der Waals surface area (Å²) in [6, 6.07) is 24.5. The first-order valence-corrected chi connectivity index (χ1v) is 8.98. The molecule has 0 radical (unpaired) electrons. The Labute approximate surface area is 159 Å². The van der Waals surface area contributed by atoms with Crippen LogP contribution in [0, 0.1) is 6.92 Å². The molecule has 4 heteroatoms. The topological polar surface area (TPSA) is 39.9 Å². The van der Waals surface area contributed by atoms with Crippen LogP contribution < -0.4 is 4.74 Å². The van der Waals surface area contributed by atoms with Gasteiger partial charge in [0.05, 0.1) is 12.2 Å². The van der Waals surface area contributed by atoms with Crippen molar-refractivity contribution in [3.63, 3.8) is 0 Å². The molecule has 0 saturated heterocycles. The molecule has 0 aliphatic heterocycles. The molecule has 0 unspecified atom stereocenters. The van der Waals surface area contributed by atoms with Gasteiger partial charge in [-0.05, 0) is 48.4 Å². The molecule has 0 amide bonds. The zero-order valence-corrected chi connectivity index (χ0v) is 15.2. The highest BCUT2D eigenvalue weighted by molar-refractivity contribution is 5.58. The lowest BCUT2D eigenvalue weighted by Gasteiger charge is -2.10. The maximum atomic E-state index is 5.86. The van der Waals surface area contributed by atoms with Gasteiger partial charge in [0, 0.05) is 23.7 Å². The summed E-state index contributed by atoms with van der Waals surface area (Å²) in [5.74, 6) is 0.867. The summed E-state index contributed by atoms with van der Waals surface area (Å²) in [7, 11) is 0. The molecule has 0 saturated carbocycles. The van der Waals surface area contributed by atoms with E-state index in [0.29, 0.717) is 13.2 Å². The van der Waals surface area contributed by atoms with Crippen molar-refractivity contribution in [1.82, 2.24) is 14.8 Å². The van der Waals surface area contributed by atoms with Crippen molar-refractivity contribution >= 4 is 0 Å². The number of aryl methyl sites for hydroxylation is 1. The van der Waals surface area contributed by atoms with Gasteiger partial charge < -0.3 is 4.74 Å². The lowest BCUT2D eigenvalue weighted by Crippen LogP contribution is -2.04. The minimum Gasteiger partial charge on any atom is -0.489 e. The van der Waals surface area contributed by atoms with Gasteiger partial charge in [0.25, 0.3) is 0 Å². The molecule has 27 heavy (non-hydrogen) atoms. The largest absolute Gasteiger partial charge is 0.489 e. The van der Waals surface area contributed by atoms with Crippen LogP contribution in [0.3, 0.4) is 0 Å². The standard InChI is InChI=1S/C23H21N3O/c1-18-7-10-21(15-24-18)23-13-14-25-26(23)16-19-8-11-22(12-9-19)27-17-20-5-3-2-4-6-20/h2-15H,16-17H2,1H3. The summed E-state index contributed by atoms with van der Waals surface area (Å²) in [5.41, 5.74) is 5.48. The smallest absolute Gasteiger partial charge is 0.119 e. The minimum absolute atomic E-state index is 0.573. The van der Waals surface area contributed by atoms with E-state index in [4.69, 9.17) is 4.74 Å². The molecule has 0 aliphatic carbocycles. The lowest BCUT2D eigenvalue weighted by atomic mass is 10.2. The van der Waals surface area contributed by atoms with Crippen LogP contribution in [0.25, 0.3) is 11.3 Å².